The number of hydrazine groups is 1. The summed E-state index contributed by atoms with van der Waals surface area (Å²) in [7, 11) is 0. The van der Waals surface area contributed by atoms with E-state index in [-0.39, 0.29) is 43.2 Å². The van der Waals surface area contributed by atoms with E-state index in [1.807, 2.05) is 12.2 Å². The highest BCUT2D eigenvalue weighted by atomic mass is 35.5. The van der Waals surface area contributed by atoms with Gasteiger partial charge in [0.2, 0.25) is 17.7 Å². The van der Waals surface area contributed by atoms with Crippen LogP contribution in [-0.2, 0) is 19.2 Å². The molecule has 0 saturated carbocycles. The maximum atomic E-state index is 12.3. The molecule has 28 heavy (non-hydrogen) atoms. The maximum absolute atomic E-state index is 12.3. The topological polar surface area (TPSA) is 105 Å². The number of ether oxygens (including phenoxy) is 1. The Morgan fingerprint density at radius 3 is 2.29 bits per heavy atom. The zero-order chi connectivity index (χ0) is 20.1. The lowest BCUT2D eigenvalue weighted by Gasteiger charge is -2.14. The van der Waals surface area contributed by atoms with Crippen LogP contribution in [0.5, 0.6) is 5.75 Å². The molecule has 1 aliphatic carbocycles. The average molecular weight is 406 g/mol. The molecular weight excluding hydrogens is 386 g/mol. The number of likely N-dealkylation sites (tertiary alicyclic amines) is 1. The first-order valence-corrected chi connectivity index (χ1v) is 9.30. The first-order chi connectivity index (χ1) is 13.5. The number of carbonyl (C=O) groups is 4. The zero-order valence-corrected chi connectivity index (χ0v) is 15.8. The summed E-state index contributed by atoms with van der Waals surface area (Å²) in [5.41, 5.74) is 4.45. The van der Waals surface area contributed by atoms with Crippen LogP contribution in [0.15, 0.2) is 36.4 Å². The molecule has 9 heteroatoms. The summed E-state index contributed by atoms with van der Waals surface area (Å²) in [5.74, 6) is -1.83. The lowest BCUT2D eigenvalue weighted by atomic mass is 9.85. The summed E-state index contributed by atoms with van der Waals surface area (Å²) in [5, 5.41) is 0.370. The number of para-hydroxylation sites is 1. The second kappa shape index (κ2) is 8.88. The standard InChI is InChI=1S/C19H20ClN3O5/c20-14-7-3-4-8-15(14)28-11-17(25)22-21-16(24)9-10-23-18(26)12-5-1-2-6-13(12)19(23)27/h1-4,7-8,12-13H,5-6,9-11H2,(H,21,24)(H,22,25)/t12-,13-/m0/s1. The molecule has 1 aromatic rings. The summed E-state index contributed by atoms with van der Waals surface area (Å²) in [6, 6.07) is 6.69. The number of carbonyl (C=O) groups excluding carboxylic acids is 4. The SMILES string of the molecule is O=C(CCN1C(=O)[C@H]2CC=CC[C@@H]2C1=O)NNC(=O)COc1ccccc1Cl. The highest BCUT2D eigenvalue weighted by Gasteiger charge is 2.46. The predicted octanol–water partition coefficient (Wildman–Crippen LogP) is 1.21. The van der Waals surface area contributed by atoms with Gasteiger partial charge in [0.1, 0.15) is 5.75 Å². The third kappa shape index (κ3) is 4.51. The smallest absolute Gasteiger partial charge is 0.276 e. The van der Waals surface area contributed by atoms with Crippen molar-refractivity contribution >= 4 is 35.2 Å². The summed E-state index contributed by atoms with van der Waals surface area (Å²) >= 11 is 5.92. The van der Waals surface area contributed by atoms with Crippen molar-refractivity contribution in [3.8, 4) is 5.75 Å². The van der Waals surface area contributed by atoms with Gasteiger partial charge in [-0.15, -0.1) is 0 Å². The molecule has 0 aromatic heterocycles. The molecule has 8 nitrogen and oxygen atoms in total. The largest absolute Gasteiger partial charge is 0.482 e. The Morgan fingerprint density at radius 1 is 1.04 bits per heavy atom. The van der Waals surface area contributed by atoms with Crippen molar-refractivity contribution in [2.45, 2.75) is 19.3 Å². The number of hydrogen-bond donors (Lipinski definition) is 2. The van der Waals surface area contributed by atoms with Gasteiger partial charge in [-0.05, 0) is 25.0 Å². The van der Waals surface area contributed by atoms with Gasteiger partial charge in [0.15, 0.2) is 6.61 Å². The highest BCUT2D eigenvalue weighted by Crippen LogP contribution is 2.34. The van der Waals surface area contributed by atoms with Crippen LogP contribution in [-0.4, -0.2) is 41.7 Å². The van der Waals surface area contributed by atoms with Crippen LogP contribution in [0.3, 0.4) is 0 Å². The lowest BCUT2D eigenvalue weighted by molar-refractivity contribution is -0.140. The molecule has 0 unspecified atom stereocenters. The van der Waals surface area contributed by atoms with Crippen LogP contribution in [0.2, 0.25) is 5.02 Å². The minimum atomic E-state index is -0.571. The Balaban J connectivity index is 1.39. The molecule has 2 aliphatic rings. The van der Waals surface area contributed by atoms with Crippen molar-refractivity contribution in [3.63, 3.8) is 0 Å². The van der Waals surface area contributed by atoms with Crippen molar-refractivity contribution in [1.29, 1.82) is 0 Å². The number of amides is 4. The van der Waals surface area contributed by atoms with Gasteiger partial charge in [-0.2, -0.15) is 0 Å². The molecule has 2 atom stereocenters. The van der Waals surface area contributed by atoms with Crippen molar-refractivity contribution in [2.75, 3.05) is 13.2 Å². The molecule has 0 bridgehead atoms. The van der Waals surface area contributed by atoms with Crippen LogP contribution in [0, 0.1) is 11.8 Å². The minimum absolute atomic E-state index is 0.0114. The summed E-state index contributed by atoms with van der Waals surface area (Å²) in [6.45, 7) is -0.341. The van der Waals surface area contributed by atoms with Crippen molar-refractivity contribution < 1.29 is 23.9 Å². The highest BCUT2D eigenvalue weighted by molar-refractivity contribution is 6.32. The van der Waals surface area contributed by atoms with E-state index < -0.39 is 11.8 Å². The maximum Gasteiger partial charge on any atom is 0.276 e. The number of hydrogen-bond acceptors (Lipinski definition) is 5. The zero-order valence-electron chi connectivity index (χ0n) is 15.0. The van der Waals surface area contributed by atoms with E-state index in [1.54, 1.807) is 24.3 Å². The number of benzene rings is 1. The van der Waals surface area contributed by atoms with Gasteiger partial charge in [-0.1, -0.05) is 35.9 Å². The molecule has 4 amide bonds. The van der Waals surface area contributed by atoms with Crippen LogP contribution >= 0.6 is 11.6 Å². The fourth-order valence-corrected chi connectivity index (χ4v) is 3.44. The van der Waals surface area contributed by atoms with Crippen LogP contribution in [0.4, 0.5) is 0 Å². The van der Waals surface area contributed by atoms with E-state index in [1.165, 1.54) is 0 Å². The number of fused-ring (bicyclic) bond motifs is 1. The second-order valence-electron chi connectivity index (χ2n) is 6.55. The first-order valence-electron chi connectivity index (χ1n) is 8.92. The molecule has 1 aromatic carbocycles. The third-order valence-corrected chi connectivity index (χ3v) is 5.01. The Morgan fingerprint density at radius 2 is 1.64 bits per heavy atom. The number of nitrogens with one attached hydrogen (secondary N) is 2. The number of allylic oxidation sites excluding steroid dienone is 2. The molecular formula is C19H20ClN3O5. The fourth-order valence-electron chi connectivity index (χ4n) is 3.25. The van der Waals surface area contributed by atoms with Gasteiger partial charge in [-0.25, -0.2) is 0 Å². The molecule has 148 valence electrons. The molecule has 3 rings (SSSR count). The summed E-state index contributed by atoms with van der Waals surface area (Å²) < 4.78 is 5.26. The van der Waals surface area contributed by atoms with Crippen molar-refractivity contribution in [3.05, 3.63) is 41.4 Å². The van der Waals surface area contributed by atoms with Gasteiger partial charge < -0.3 is 4.74 Å². The molecule has 1 saturated heterocycles. The van der Waals surface area contributed by atoms with E-state index >= 15 is 0 Å². The van der Waals surface area contributed by atoms with Crippen LogP contribution in [0.1, 0.15) is 19.3 Å². The van der Waals surface area contributed by atoms with Crippen LogP contribution < -0.4 is 15.6 Å². The van der Waals surface area contributed by atoms with Gasteiger partial charge in [0.05, 0.1) is 16.9 Å². The lowest BCUT2D eigenvalue weighted by Crippen LogP contribution is -2.45. The van der Waals surface area contributed by atoms with E-state index in [0.717, 1.165) is 4.90 Å². The predicted molar refractivity (Wildman–Crippen MR) is 99.9 cm³/mol. The number of imide groups is 1. The summed E-state index contributed by atoms with van der Waals surface area (Å²) in [6.07, 6.45) is 4.82. The van der Waals surface area contributed by atoms with E-state index in [2.05, 4.69) is 10.9 Å². The molecule has 2 N–H and O–H groups in total. The normalized spacial score (nSPS) is 20.7. The van der Waals surface area contributed by atoms with E-state index in [9.17, 15) is 19.2 Å². The molecule has 0 spiro atoms. The van der Waals surface area contributed by atoms with Gasteiger partial charge in [0, 0.05) is 13.0 Å². The van der Waals surface area contributed by atoms with Gasteiger partial charge in [-0.3, -0.25) is 34.9 Å². The number of rotatable bonds is 6. The van der Waals surface area contributed by atoms with E-state index in [0.29, 0.717) is 23.6 Å². The minimum Gasteiger partial charge on any atom is -0.482 e. The quantitative estimate of drug-likeness (QED) is 0.420. The second-order valence-corrected chi connectivity index (χ2v) is 6.96. The number of nitrogens with zero attached hydrogens (tertiary/aromatic N) is 1. The van der Waals surface area contributed by atoms with Crippen LogP contribution in [0.25, 0.3) is 0 Å². The molecule has 1 fully saturated rings. The van der Waals surface area contributed by atoms with Crippen molar-refractivity contribution in [1.82, 2.24) is 15.8 Å². The molecule has 1 aliphatic heterocycles. The molecule has 1 heterocycles. The van der Waals surface area contributed by atoms with Gasteiger partial charge >= 0.3 is 0 Å². The van der Waals surface area contributed by atoms with Crippen molar-refractivity contribution in [2.24, 2.45) is 11.8 Å². The Hall–Kier alpha value is -2.87. The Kier molecular flexibility index (Phi) is 6.30. The van der Waals surface area contributed by atoms with E-state index in [4.69, 9.17) is 16.3 Å². The third-order valence-electron chi connectivity index (χ3n) is 4.70. The number of halogens is 1. The Labute approximate surface area is 166 Å². The Bertz CT molecular complexity index is 800. The van der Waals surface area contributed by atoms with Gasteiger partial charge in [0.25, 0.3) is 5.91 Å². The fraction of sp³-hybridized carbons (Fsp3) is 0.368. The monoisotopic (exact) mass is 405 g/mol. The first kappa shape index (κ1) is 19.9. The molecule has 0 radical (unpaired) electrons. The summed E-state index contributed by atoms with van der Waals surface area (Å²) in [4.78, 5) is 49.4. The average Bonchev–Trinajstić information content (AvgIpc) is 2.94.